The smallest absolute Gasteiger partial charge is 0.0512 e. The average molecular weight is 613 g/mol. The van der Waals surface area contributed by atoms with Gasteiger partial charge in [0.05, 0.1) is 0 Å². The maximum Gasteiger partial charge on any atom is -0.0512 e. The minimum absolute atomic E-state index is 0.325. The number of fused-ring (bicyclic) bond motifs is 9. The molecule has 0 aliphatic heterocycles. The summed E-state index contributed by atoms with van der Waals surface area (Å²) in [6.45, 7) is 0. The number of benzene rings is 7. The molecule has 0 atom stereocenters. The zero-order valence-electron chi connectivity index (χ0n) is 23.0. The molecule has 2 heterocycles. The van der Waals surface area contributed by atoms with E-state index in [1.807, 2.05) is 60.7 Å². The summed E-state index contributed by atoms with van der Waals surface area (Å²) in [4.78, 5) is 14.9. The number of rotatable bonds is 3. The van der Waals surface area contributed by atoms with Gasteiger partial charge < -0.3 is 0 Å². The van der Waals surface area contributed by atoms with Crippen LogP contribution < -0.4 is 0 Å². The molecule has 4 heteroatoms. The van der Waals surface area contributed by atoms with E-state index in [0.717, 1.165) is 16.7 Å². The molecule has 0 unspecified atom stereocenters. The molecule has 0 saturated carbocycles. The summed E-state index contributed by atoms with van der Waals surface area (Å²) in [5, 5.41) is 10.3. The zero-order valence-corrected chi connectivity index (χ0v) is 24.7. The molecule has 9 rings (SSSR count). The van der Waals surface area contributed by atoms with Crippen LogP contribution in [0.1, 0.15) is 0 Å². The Balaban J connectivity index is 1.33. The molecule has 0 bridgehead atoms. The standard InChI is InChI=1S/C39H23N3Se/c1-3-11-24(12-4-1)37-40-38(25-13-5-2-6-14-25)42-39(41-37)26-19-20-29-31(21-26)27-15-7-8-16-28(27)33-23-36-34(22-32(29)33)30-17-9-10-18-35(30)43-36/h1-23H. The van der Waals surface area contributed by atoms with Gasteiger partial charge in [0.25, 0.3) is 0 Å². The summed E-state index contributed by atoms with van der Waals surface area (Å²) in [5.41, 5.74) is 2.91. The molecule has 0 saturated heterocycles. The summed E-state index contributed by atoms with van der Waals surface area (Å²) in [7, 11) is 0. The molecule has 7 aromatic carbocycles. The van der Waals surface area contributed by atoms with Crippen molar-refractivity contribution < 1.29 is 0 Å². The SMILES string of the molecule is c1ccc(-c2nc(-c3ccccc3)nc(-c3ccc4c(c3)c3ccccc3c3cc5[se]c6ccccc6c5cc43)n2)cc1. The van der Waals surface area contributed by atoms with E-state index in [9.17, 15) is 0 Å². The number of hydrogen-bond acceptors (Lipinski definition) is 3. The molecule has 0 radical (unpaired) electrons. The Morgan fingerprint density at radius 3 is 1.44 bits per heavy atom. The number of nitrogens with zero attached hydrogens (tertiary/aromatic N) is 3. The van der Waals surface area contributed by atoms with Crippen LogP contribution in [0.3, 0.4) is 0 Å². The molecule has 200 valence electrons. The summed E-state index contributed by atoms with van der Waals surface area (Å²) in [6, 6.07) is 49.5. The fraction of sp³-hybridized carbons (Fsp3) is 0. The first kappa shape index (κ1) is 24.4. The molecule has 0 aliphatic carbocycles. The maximum atomic E-state index is 5.00. The number of aromatic nitrogens is 3. The van der Waals surface area contributed by atoms with Crippen molar-refractivity contribution in [2.24, 2.45) is 0 Å². The van der Waals surface area contributed by atoms with Crippen LogP contribution in [-0.2, 0) is 0 Å². The van der Waals surface area contributed by atoms with Crippen molar-refractivity contribution in [3.8, 4) is 34.2 Å². The van der Waals surface area contributed by atoms with Gasteiger partial charge >= 0.3 is 194 Å². The average Bonchev–Trinajstić information content (AvgIpc) is 3.45. The van der Waals surface area contributed by atoms with Gasteiger partial charge in [-0.1, -0.05) is 60.7 Å². The van der Waals surface area contributed by atoms with Crippen molar-refractivity contribution in [2.45, 2.75) is 0 Å². The molecular formula is C39H23N3Se. The van der Waals surface area contributed by atoms with Crippen LogP contribution in [0.2, 0.25) is 0 Å². The first-order chi connectivity index (χ1) is 21.3. The molecule has 2 aromatic heterocycles. The molecule has 3 nitrogen and oxygen atoms in total. The van der Waals surface area contributed by atoms with E-state index in [-0.39, 0.29) is 0 Å². The topological polar surface area (TPSA) is 38.7 Å². The zero-order chi connectivity index (χ0) is 28.3. The van der Waals surface area contributed by atoms with Crippen LogP contribution in [0.15, 0.2) is 140 Å². The Bertz CT molecular complexity index is 2440. The van der Waals surface area contributed by atoms with Crippen molar-refractivity contribution >= 4 is 66.1 Å². The van der Waals surface area contributed by atoms with Gasteiger partial charge in [-0.15, -0.1) is 0 Å². The Morgan fingerprint density at radius 2 is 0.791 bits per heavy atom. The van der Waals surface area contributed by atoms with E-state index in [2.05, 4.69) is 78.9 Å². The molecule has 0 amide bonds. The van der Waals surface area contributed by atoms with Crippen LogP contribution in [0, 0.1) is 0 Å². The van der Waals surface area contributed by atoms with Crippen molar-refractivity contribution in [1.82, 2.24) is 15.0 Å². The van der Waals surface area contributed by atoms with Gasteiger partial charge in [0.1, 0.15) is 0 Å². The predicted octanol–water partition coefficient (Wildman–Crippen LogP) is 9.70. The van der Waals surface area contributed by atoms with E-state index >= 15 is 0 Å². The molecule has 0 aliphatic rings. The van der Waals surface area contributed by atoms with E-state index in [1.165, 1.54) is 51.6 Å². The van der Waals surface area contributed by atoms with E-state index in [0.29, 0.717) is 32.0 Å². The first-order valence-electron chi connectivity index (χ1n) is 14.4. The first-order valence-corrected chi connectivity index (χ1v) is 16.1. The van der Waals surface area contributed by atoms with Crippen LogP contribution in [0.4, 0.5) is 0 Å². The Hall–Kier alpha value is -5.15. The van der Waals surface area contributed by atoms with Gasteiger partial charge in [-0.05, 0) is 0 Å². The molecule has 0 fully saturated rings. The van der Waals surface area contributed by atoms with Gasteiger partial charge in [0, 0.05) is 0 Å². The monoisotopic (exact) mass is 613 g/mol. The summed E-state index contributed by atoms with van der Waals surface area (Å²) in [6.07, 6.45) is 0. The second-order valence-corrected chi connectivity index (χ2v) is 13.1. The molecule has 9 aromatic rings. The summed E-state index contributed by atoms with van der Waals surface area (Å²) >= 11 is 0.325. The third-order valence-electron chi connectivity index (χ3n) is 8.29. The van der Waals surface area contributed by atoms with Crippen LogP contribution in [0.25, 0.3) is 85.8 Å². The van der Waals surface area contributed by atoms with Crippen molar-refractivity contribution in [3.63, 3.8) is 0 Å². The van der Waals surface area contributed by atoms with E-state index in [4.69, 9.17) is 15.0 Å². The van der Waals surface area contributed by atoms with Crippen molar-refractivity contribution in [1.29, 1.82) is 0 Å². The van der Waals surface area contributed by atoms with Gasteiger partial charge in [-0.2, -0.15) is 0 Å². The van der Waals surface area contributed by atoms with Gasteiger partial charge in [0.15, 0.2) is 0 Å². The van der Waals surface area contributed by atoms with E-state index in [1.54, 1.807) is 0 Å². The maximum absolute atomic E-state index is 5.00. The third kappa shape index (κ3) is 3.99. The van der Waals surface area contributed by atoms with E-state index < -0.39 is 0 Å². The molecule has 43 heavy (non-hydrogen) atoms. The molecule has 0 N–H and O–H groups in total. The third-order valence-corrected chi connectivity index (χ3v) is 10.7. The summed E-state index contributed by atoms with van der Waals surface area (Å²) in [5.74, 6) is 2.01. The van der Waals surface area contributed by atoms with Gasteiger partial charge in [-0.25, -0.2) is 0 Å². The van der Waals surface area contributed by atoms with Crippen molar-refractivity contribution in [3.05, 3.63) is 140 Å². The largest absolute Gasteiger partial charge is 0.0615 e. The van der Waals surface area contributed by atoms with Crippen molar-refractivity contribution in [2.75, 3.05) is 0 Å². The Morgan fingerprint density at radius 1 is 0.302 bits per heavy atom. The Labute approximate surface area is 253 Å². The van der Waals surface area contributed by atoms with Crippen LogP contribution >= 0.6 is 0 Å². The fourth-order valence-corrected chi connectivity index (χ4v) is 8.61. The van der Waals surface area contributed by atoms with Gasteiger partial charge in [0.2, 0.25) is 0 Å². The second kappa shape index (κ2) is 9.71. The van der Waals surface area contributed by atoms with Gasteiger partial charge in [-0.3, -0.25) is 0 Å². The van der Waals surface area contributed by atoms with Crippen LogP contribution in [-0.4, -0.2) is 29.5 Å². The Kier molecular flexibility index (Phi) is 5.52. The second-order valence-electron chi connectivity index (χ2n) is 10.8. The molecule has 0 spiro atoms. The summed E-state index contributed by atoms with van der Waals surface area (Å²) < 4.78 is 2.93. The number of hydrogen-bond donors (Lipinski definition) is 0. The minimum atomic E-state index is 0.325. The predicted molar refractivity (Wildman–Crippen MR) is 181 cm³/mol. The fourth-order valence-electron chi connectivity index (χ4n) is 6.25. The normalized spacial score (nSPS) is 11.7. The van der Waals surface area contributed by atoms with Crippen LogP contribution in [0.5, 0.6) is 0 Å². The molecular weight excluding hydrogens is 589 g/mol. The minimum Gasteiger partial charge on any atom is -0.0615 e. The quantitative estimate of drug-likeness (QED) is 0.147.